The van der Waals surface area contributed by atoms with Crippen molar-refractivity contribution in [2.75, 3.05) is 30.7 Å². The van der Waals surface area contributed by atoms with E-state index in [9.17, 15) is 4.79 Å². The summed E-state index contributed by atoms with van der Waals surface area (Å²) in [5, 5.41) is 3.23. The number of amides is 1. The van der Waals surface area contributed by atoms with Crippen LogP contribution in [0.15, 0.2) is 18.2 Å². The molecule has 1 fully saturated rings. The van der Waals surface area contributed by atoms with Gasteiger partial charge in [-0.2, -0.15) is 0 Å². The molecule has 1 amide bonds. The van der Waals surface area contributed by atoms with Crippen molar-refractivity contribution in [2.45, 2.75) is 39.2 Å². The highest BCUT2D eigenvalue weighted by Crippen LogP contribution is 2.23. The lowest BCUT2D eigenvalue weighted by atomic mass is 10.1. The molecule has 0 aliphatic carbocycles. The smallest absolute Gasteiger partial charge is 0.244 e. The highest BCUT2D eigenvalue weighted by Gasteiger charge is 2.22. The highest BCUT2D eigenvalue weighted by atomic mass is 16.5. The Morgan fingerprint density at radius 2 is 2.05 bits per heavy atom. The van der Waals surface area contributed by atoms with Crippen molar-refractivity contribution in [1.82, 2.24) is 4.90 Å². The summed E-state index contributed by atoms with van der Waals surface area (Å²) in [6.07, 6.45) is 3.43. The monoisotopic (exact) mass is 291 g/mol. The van der Waals surface area contributed by atoms with E-state index in [1.54, 1.807) is 6.07 Å². The van der Waals surface area contributed by atoms with Gasteiger partial charge in [-0.1, -0.05) is 0 Å². The Hall–Kier alpha value is -1.91. The molecule has 1 heterocycles. The Morgan fingerprint density at radius 1 is 1.33 bits per heavy atom. The molecule has 21 heavy (non-hydrogen) atoms. The molecule has 1 atom stereocenters. The molecule has 3 N–H and O–H groups in total. The number of hydrogen-bond acceptors (Lipinski definition) is 4. The second kappa shape index (κ2) is 7.20. The molecule has 1 aliphatic heterocycles. The third-order valence-electron chi connectivity index (χ3n) is 3.66. The van der Waals surface area contributed by atoms with Gasteiger partial charge in [0.05, 0.1) is 6.61 Å². The summed E-state index contributed by atoms with van der Waals surface area (Å²) in [6.45, 7) is 6.14. The molecule has 1 aromatic rings. The molecular weight excluding hydrogens is 266 g/mol. The topological polar surface area (TPSA) is 67.6 Å². The fourth-order valence-corrected chi connectivity index (χ4v) is 2.66. The first-order valence-corrected chi connectivity index (χ1v) is 7.69. The SMILES string of the molecule is CCOc1cc(N)cc(NC(C)C(=O)N2CCCCC2)c1. The van der Waals surface area contributed by atoms with Crippen molar-refractivity contribution in [3.05, 3.63) is 18.2 Å². The maximum atomic E-state index is 12.4. The van der Waals surface area contributed by atoms with Crippen LogP contribution in [0.4, 0.5) is 11.4 Å². The zero-order valence-electron chi connectivity index (χ0n) is 12.9. The normalized spacial score (nSPS) is 16.4. The molecule has 1 saturated heterocycles. The zero-order valence-corrected chi connectivity index (χ0v) is 12.9. The van der Waals surface area contributed by atoms with Gasteiger partial charge < -0.3 is 20.7 Å². The zero-order chi connectivity index (χ0) is 15.2. The summed E-state index contributed by atoms with van der Waals surface area (Å²) in [4.78, 5) is 14.3. The minimum atomic E-state index is -0.264. The fourth-order valence-electron chi connectivity index (χ4n) is 2.66. The lowest BCUT2D eigenvalue weighted by molar-refractivity contribution is -0.132. The number of nitrogens with two attached hydrogens (primary N) is 1. The molecule has 0 radical (unpaired) electrons. The van der Waals surface area contributed by atoms with Gasteiger partial charge in [-0.15, -0.1) is 0 Å². The number of rotatable bonds is 5. The minimum Gasteiger partial charge on any atom is -0.494 e. The third-order valence-corrected chi connectivity index (χ3v) is 3.66. The van der Waals surface area contributed by atoms with Crippen molar-refractivity contribution in [3.8, 4) is 5.75 Å². The van der Waals surface area contributed by atoms with Crippen LogP contribution in [-0.4, -0.2) is 36.5 Å². The van der Waals surface area contributed by atoms with E-state index in [0.717, 1.165) is 37.4 Å². The van der Waals surface area contributed by atoms with Crippen molar-refractivity contribution >= 4 is 17.3 Å². The summed E-state index contributed by atoms with van der Waals surface area (Å²) in [5.74, 6) is 0.868. The van der Waals surface area contributed by atoms with Crippen LogP contribution in [0.1, 0.15) is 33.1 Å². The van der Waals surface area contributed by atoms with Gasteiger partial charge in [0, 0.05) is 36.6 Å². The minimum absolute atomic E-state index is 0.148. The largest absolute Gasteiger partial charge is 0.494 e. The van der Waals surface area contributed by atoms with Crippen molar-refractivity contribution in [2.24, 2.45) is 0 Å². The number of hydrogen-bond donors (Lipinski definition) is 2. The Balaban J connectivity index is 2.01. The van der Waals surface area contributed by atoms with E-state index in [2.05, 4.69) is 5.32 Å². The lowest BCUT2D eigenvalue weighted by Crippen LogP contribution is -2.43. The molecule has 2 rings (SSSR count). The second-order valence-corrected chi connectivity index (χ2v) is 5.48. The lowest BCUT2D eigenvalue weighted by Gasteiger charge is -2.29. The molecule has 116 valence electrons. The number of piperidine rings is 1. The summed E-state index contributed by atoms with van der Waals surface area (Å²) in [7, 11) is 0. The molecule has 1 aliphatic rings. The van der Waals surface area contributed by atoms with Gasteiger partial charge in [-0.05, 0) is 39.2 Å². The highest BCUT2D eigenvalue weighted by molar-refractivity contribution is 5.84. The van der Waals surface area contributed by atoms with E-state index in [4.69, 9.17) is 10.5 Å². The van der Waals surface area contributed by atoms with Crippen molar-refractivity contribution in [1.29, 1.82) is 0 Å². The van der Waals surface area contributed by atoms with E-state index >= 15 is 0 Å². The maximum Gasteiger partial charge on any atom is 0.244 e. The van der Waals surface area contributed by atoms with Crippen molar-refractivity contribution < 1.29 is 9.53 Å². The third kappa shape index (κ3) is 4.28. The van der Waals surface area contributed by atoms with Crippen LogP contribution in [0.3, 0.4) is 0 Å². The number of carbonyl (C=O) groups excluding carboxylic acids is 1. The van der Waals surface area contributed by atoms with E-state index < -0.39 is 0 Å². The first-order valence-electron chi connectivity index (χ1n) is 7.69. The quantitative estimate of drug-likeness (QED) is 0.818. The van der Waals surface area contributed by atoms with E-state index in [1.807, 2.05) is 30.9 Å². The summed E-state index contributed by atoms with van der Waals surface area (Å²) >= 11 is 0. The number of benzene rings is 1. The summed E-state index contributed by atoms with van der Waals surface area (Å²) in [6, 6.07) is 5.22. The molecule has 0 bridgehead atoms. The van der Waals surface area contributed by atoms with Gasteiger partial charge >= 0.3 is 0 Å². The fraction of sp³-hybridized carbons (Fsp3) is 0.562. The molecular formula is C16H25N3O2. The predicted molar refractivity (Wildman–Crippen MR) is 85.5 cm³/mol. The maximum absolute atomic E-state index is 12.4. The van der Waals surface area contributed by atoms with Gasteiger partial charge in [0.25, 0.3) is 0 Å². The number of nitrogens with one attached hydrogen (secondary N) is 1. The molecule has 1 aromatic carbocycles. The predicted octanol–water partition coefficient (Wildman–Crippen LogP) is 2.48. The van der Waals surface area contributed by atoms with Crippen LogP contribution < -0.4 is 15.8 Å². The number of likely N-dealkylation sites (tertiary alicyclic amines) is 1. The number of ether oxygens (including phenoxy) is 1. The van der Waals surface area contributed by atoms with Crippen LogP contribution in [0.2, 0.25) is 0 Å². The number of anilines is 2. The molecule has 0 spiro atoms. The van der Waals surface area contributed by atoms with Crippen molar-refractivity contribution in [3.63, 3.8) is 0 Å². The first-order chi connectivity index (χ1) is 10.1. The van der Waals surface area contributed by atoms with Gasteiger partial charge in [0.15, 0.2) is 0 Å². The van der Waals surface area contributed by atoms with Crippen LogP contribution in [0.5, 0.6) is 5.75 Å². The van der Waals surface area contributed by atoms with Crippen LogP contribution in [-0.2, 0) is 4.79 Å². The molecule has 0 saturated carbocycles. The van der Waals surface area contributed by atoms with Gasteiger partial charge in [0.1, 0.15) is 11.8 Å². The standard InChI is InChI=1S/C16H25N3O2/c1-3-21-15-10-13(17)9-14(11-15)18-12(2)16(20)19-7-5-4-6-8-19/h9-12,18H,3-8,17H2,1-2H3. The Morgan fingerprint density at radius 3 is 2.71 bits per heavy atom. The number of nitrogen functional groups attached to an aromatic ring is 1. The molecule has 5 nitrogen and oxygen atoms in total. The number of nitrogens with zero attached hydrogens (tertiary/aromatic N) is 1. The first kappa shape index (κ1) is 15.5. The van der Waals surface area contributed by atoms with Gasteiger partial charge in [-0.3, -0.25) is 4.79 Å². The van der Waals surface area contributed by atoms with Crippen LogP contribution in [0.25, 0.3) is 0 Å². The summed E-state index contributed by atoms with van der Waals surface area (Å²) in [5.41, 5.74) is 7.31. The van der Waals surface area contributed by atoms with Crippen LogP contribution in [0, 0.1) is 0 Å². The molecule has 1 unspecified atom stereocenters. The van der Waals surface area contributed by atoms with Crippen LogP contribution >= 0.6 is 0 Å². The van der Waals surface area contributed by atoms with Gasteiger partial charge in [0.2, 0.25) is 5.91 Å². The molecule has 5 heteroatoms. The Labute approximate surface area is 126 Å². The second-order valence-electron chi connectivity index (χ2n) is 5.48. The average molecular weight is 291 g/mol. The average Bonchev–Trinajstić information content (AvgIpc) is 2.47. The number of carbonyl (C=O) groups is 1. The Bertz CT molecular complexity index is 484. The van der Waals surface area contributed by atoms with Gasteiger partial charge in [-0.25, -0.2) is 0 Å². The summed E-state index contributed by atoms with van der Waals surface area (Å²) < 4.78 is 5.47. The van der Waals surface area contributed by atoms with E-state index in [0.29, 0.717) is 12.3 Å². The van der Waals surface area contributed by atoms with E-state index in [1.165, 1.54) is 6.42 Å². The van der Waals surface area contributed by atoms with E-state index in [-0.39, 0.29) is 11.9 Å². The molecule has 0 aromatic heterocycles. The Kier molecular flexibility index (Phi) is 5.31.